The van der Waals surface area contributed by atoms with Crippen LogP contribution in [0.5, 0.6) is 0 Å². The molecule has 3 nitrogen and oxygen atoms in total. The van der Waals surface area contributed by atoms with Crippen molar-refractivity contribution in [1.29, 1.82) is 0 Å². The molecule has 0 heterocycles. The van der Waals surface area contributed by atoms with E-state index in [0.717, 1.165) is 12.0 Å². The van der Waals surface area contributed by atoms with Gasteiger partial charge >= 0.3 is 6.09 Å². The number of carbonyl (C=O) groups is 1. The van der Waals surface area contributed by atoms with Crippen LogP contribution in [0.25, 0.3) is 0 Å². The van der Waals surface area contributed by atoms with Crippen LogP contribution in [-0.2, 0) is 17.7 Å². The van der Waals surface area contributed by atoms with Crippen molar-refractivity contribution in [2.45, 2.75) is 60.1 Å². The van der Waals surface area contributed by atoms with Crippen molar-refractivity contribution >= 4 is 6.09 Å². The van der Waals surface area contributed by atoms with Crippen molar-refractivity contribution < 1.29 is 9.53 Å². The van der Waals surface area contributed by atoms with Crippen LogP contribution in [0.1, 0.15) is 52.7 Å². The minimum Gasteiger partial charge on any atom is -0.444 e. The number of ether oxygens (including phenoxy) is 1. The predicted octanol–water partition coefficient (Wildman–Crippen LogP) is 4.30. The van der Waals surface area contributed by atoms with Crippen molar-refractivity contribution in [3.05, 3.63) is 35.4 Å². The number of rotatable bonds is 3. The summed E-state index contributed by atoms with van der Waals surface area (Å²) in [5.41, 5.74) is 2.18. The lowest BCUT2D eigenvalue weighted by molar-refractivity contribution is 0.0523. The third kappa shape index (κ3) is 6.60. The Kier molecular flexibility index (Phi) is 5.21. The Bertz CT molecular complexity index is 453. The lowest BCUT2D eigenvalue weighted by Gasteiger charge is -2.22. The highest BCUT2D eigenvalue weighted by Crippen LogP contribution is 2.23. The molecule has 3 heteroatoms. The van der Waals surface area contributed by atoms with Crippen molar-refractivity contribution in [2.75, 3.05) is 0 Å². The second kappa shape index (κ2) is 6.29. The largest absolute Gasteiger partial charge is 0.444 e. The number of nitrogens with one attached hydrogen (secondary N) is 1. The van der Waals surface area contributed by atoms with Crippen molar-refractivity contribution in [2.24, 2.45) is 5.41 Å². The molecule has 0 saturated heterocycles. The van der Waals surface area contributed by atoms with E-state index in [1.165, 1.54) is 5.56 Å². The maximum absolute atomic E-state index is 11.7. The Morgan fingerprint density at radius 3 is 2.10 bits per heavy atom. The second-order valence-electron chi connectivity index (χ2n) is 7.36. The molecule has 112 valence electrons. The highest BCUT2D eigenvalue weighted by atomic mass is 16.6. The Hall–Kier alpha value is -1.51. The monoisotopic (exact) mass is 277 g/mol. The van der Waals surface area contributed by atoms with E-state index < -0.39 is 5.60 Å². The Labute approximate surface area is 122 Å². The quantitative estimate of drug-likeness (QED) is 0.894. The summed E-state index contributed by atoms with van der Waals surface area (Å²) in [6.07, 6.45) is 0.613. The number of benzene rings is 1. The molecule has 0 aliphatic carbocycles. The average molecular weight is 277 g/mol. The molecule has 0 unspecified atom stereocenters. The molecule has 1 aromatic carbocycles. The fraction of sp³-hybridized carbons (Fsp3) is 0.588. The van der Waals surface area contributed by atoms with Gasteiger partial charge in [0.25, 0.3) is 0 Å². The lowest BCUT2D eigenvalue weighted by atomic mass is 9.86. The molecule has 1 N–H and O–H groups in total. The van der Waals surface area contributed by atoms with Crippen LogP contribution in [0.3, 0.4) is 0 Å². The smallest absolute Gasteiger partial charge is 0.407 e. The van der Waals surface area contributed by atoms with Gasteiger partial charge in [0.15, 0.2) is 0 Å². The fourth-order valence-corrected chi connectivity index (χ4v) is 1.96. The van der Waals surface area contributed by atoms with Gasteiger partial charge < -0.3 is 10.1 Å². The molecule has 0 radical (unpaired) electrons. The summed E-state index contributed by atoms with van der Waals surface area (Å²) in [6.45, 7) is 12.7. The number of hydrogen-bond donors (Lipinski definition) is 1. The summed E-state index contributed by atoms with van der Waals surface area (Å²) in [5.74, 6) is 0. The maximum Gasteiger partial charge on any atom is 0.407 e. The molecule has 0 bridgehead atoms. The van der Waals surface area contributed by atoms with Crippen molar-refractivity contribution in [1.82, 2.24) is 5.32 Å². The predicted molar refractivity (Wildman–Crippen MR) is 82.7 cm³/mol. The number of amides is 1. The van der Waals surface area contributed by atoms with Gasteiger partial charge in [-0.15, -0.1) is 0 Å². The first-order valence-electron chi connectivity index (χ1n) is 7.10. The average Bonchev–Trinajstić information content (AvgIpc) is 2.23. The summed E-state index contributed by atoms with van der Waals surface area (Å²) in [6, 6.07) is 8.21. The van der Waals surface area contributed by atoms with Crippen LogP contribution < -0.4 is 5.32 Å². The maximum atomic E-state index is 11.7. The third-order valence-corrected chi connectivity index (χ3v) is 2.66. The molecule has 0 atom stereocenters. The van der Waals surface area contributed by atoms with Crippen LogP contribution in [0.4, 0.5) is 4.79 Å². The van der Waals surface area contributed by atoms with E-state index in [1.54, 1.807) is 0 Å². The molecule has 1 amide bonds. The van der Waals surface area contributed by atoms with Crippen molar-refractivity contribution in [3.8, 4) is 0 Å². The van der Waals surface area contributed by atoms with Gasteiger partial charge in [-0.3, -0.25) is 0 Å². The van der Waals surface area contributed by atoms with Gasteiger partial charge in [0.2, 0.25) is 0 Å². The first kappa shape index (κ1) is 16.5. The van der Waals surface area contributed by atoms with Gasteiger partial charge in [0.1, 0.15) is 5.60 Å². The third-order valence-electron chi connectivity index (χ3n) is 2.66. The van der Waals surface area contributed by atoms with Gasteiger partial charge in [0.05, 0.1) is 0 Å². The molecule has 1 rings (SSSR count). The first-order valence-corrected chi connectivity index (χ1v) is 7.10. The standard InChI is InChI=1S/C17H27NO2/c1-16(2,3)11-13-9-7-8-10-14(13)12-18-15(19)20-17(4,5)6/h7-10H,11-12H2,1-6H3,(H,18,19). The van der Waals surface area contributed by atoms with Crippen LogP contribution in [0.15, 0.2) is 24.3 Å². The highest BCUT2D eigenvalue weighted by Gasteiger charge is 2.17. The fourth-order valence-electron chi connectivity index (χ4n) is 1.96. The van der Waals surface area contributed by atoms with Gasteiger partial charge in [-0.2, -0.15) is 0 Å². The van der Waals surface area contributed by atoms with E-state index in [-0.39, 0.29) is 11.5 Å². The van der Waals surface area contributed by atoms with Gasteiger partial charge in [-0.25, -0.2) is 4.79 Å². The molecule has 0 aliphatic heterocycles. The number of alkyl carbamates (subject to hydrolysis) is 1. The van der Waals surface area contributed by atoms with E-state index in [4.69, 9.17) is 4.74 Å². The summed E-state index contributed by atoms with van der Waals surface area (Å²) in [4.78, 5) is 11.7. The second-order valence-corrected chi connectivity index (χ2v) is 7.36. The van der Waals surface area contributed by atoms with Gasteiger partial charge in [-0.05, 0) is 43.7 Å². The summed E-state index contributed by atoms with van der Waals surface area (Å²) < 4.78 is 5.25. The molecule has 20 heavy (non-hydrogen) atoms. The molecule has 0 aromatic heterocycles. The molecule has 1 aromatic rings. The molecular formula is C17H27NO2. The summed E-state index contributed by atoms with van der Waals surface area (Å²) in [7, 11) is 0. The topological polar surface area (TPSA) is 38.3 Å². The van der Waals surface area contributed by atoms with Crippen LogP contribution in [0.2, 0.25) is 0 Å². The minimum atomic E-state index is -0.463. The van der Waals surface area contributed by atoms with E-state index >= 15 is 0 Å². The number of hydrogen-bond acceptors (Lipinski definition) is 2. The Balaban J connectivity index is 2.67. The normalized spacial score (nSPS) is 12.1. The molecular weight excluding hydrogens is 250 g/mol. The molecule has 0 fully saturated rings. The van der Waals surface area contributed by atoms with Crippen LogP contribution in [-0.4, -0.2) is 11.7 Å². The number of carbonyl (C=O) groups excluding carboxylic acids is 1. The Morgan fingerprint density at radius 2 is 1.60 bits per heavy atom. The van der Waals surface area contributed by atoms with Crippen LogP contribution in [0, 0.1) is 5.41 Å². The zero-order valence-corrected chi connectivity index (χ0v) is 13.5. The van der Waals surface area contributed by atoms with E-state index in [1.807, 2.05) is 32.9 Å². The van der Waals surface area contributed by atoms with Gasteiger partial charge in [-0.1, -0.05) is 45.0 Å². The summed E-state index contributed by atoms with van der Waals surface area (Å²) in [5, 5.41) is 2.82. The zero-order valence-electron chi connectivity index (χ0n) is 13.5. The van der Waals surface area contributed by atoms with E-state index in [9.17, 15) is 4.79 Å². The molecule has 0 saturated carbocycles. The minimum absolute atomic E-state index is 0.224. The van der Waals surface area contributed by atoms with E-state index in [0.29, 0.717) is 6.54 Å². The Morgan fingerprint density at radius 1 is 1.05 bits per heavy atom. The highest BCUT2D eigenvalue weighted by molar-refractivity contribution is 5.67. The summed E-state index contributed by atoms with van der Waals surface area (Å²) >= 11 is 0. The van der Waals surface area contributed by atoms with Gasteiger partial charge in [0, 0.05) is 6.54 Å². The molecule has 0 spiro atoms. The van der Waals surface area contributed by atoms with Crippen molar-refractivity contribution in [3.63, 3.8) is 0 Å². The SMILES string of the molecule is CC(C)(C)Cc1ccccc1CNC(=O)OC(C)(C)C. The van der Waals surface area contributed by atoms with Crippen LogP contribution >= 0.6 is 0 Å². The zero-order chi connectivity index (χ0) is 15.4. The molecule has 0 aliphatic rings. The lowest BCUT2D eigenvalue weighted by Crippen LogP contribution is -2.32. The van der Waals surface area contributed by atoms with E-state index in [2.05, 4.69) is 38.2 Å². The first-order chi connectivity index (χ1) is 9.07.